The van der Waals surface area contributed by atoms with Crippen molar-refractivity contribution in [2.45, 2.75) is 33.5 Å². The predicted octanol–water partition coefficient (Wildman–Crippen LogP) is 3.25. The molecule has 7 nitrogen and oxygen atoms in total. The highest BCUT2D eigenvalue weighted by molar-refractivity contribution is 5.96. The summed E-state index contributed by atoms with van der Waals surface area (Å²) in [5.41, 5.74) is 1.55. The van der Waals surface area contributed by atoms with E-state index in [1.165, 1.54) is 30.6 Å². The number of carbonyl (C=O) groups is 2. The number of rotatable bonds is 7. The smallest absolute Gasteiger partial charge is 0.422 e. The van der Waals surface area contributed by atoms with Crippen LogP contribution in [0, 0.1) is 12.8 Å². The Morgan fingerprint density at radius 3 is 2.55 bits per heavy atom. The molecule has 0 aliphatic carbocycles. The van der Waals surface area contributed by atoms with Crippen molar-refractivity contribution in [1.29, 1.82) is 0 Å². The topological polar surface area (TPSA) is 93.2 Å². The molecule has 0 saturated heterocycles. The van der Waals surface area contributed by atoms with E-state index in [0.29, 0.717) is 16.7 Å². The minimum atomic E-state index is -4.44. The van der Waals surface area contributed by atoms with Gasteiger partial charge in [-0.05, 0) is 30.2 Å². The molecular formula is C19H21F3N4O3. The number of aromatic nitrogens is 2. The van der Waals surface area contributed by atoms with Gasteiger partial charge in [0.05, 0.1) is 0 Å². The zero-order valence-electron chi connectivity index (χ0n) is 16.1. The van der Waals surface area contributed by atoms with E-state index >= 15 is 0 Å². The number of nitrogens with zero attached hydrogens (tertiary/aromatic N) is 2. The Morgan fingerprint density at radius 2 is 1.93 bits per heavy atom. The molecule has 0 aliphatic heterocycles. The van der Waals surface area contributed by atoms with Crippen LogP contribution in [0.15, 0.2) is 30.6 Å². The number of hydrogen-bond acceptors (Lipinski definition) is 5. The molecule has 2 amide bonds. The maximum absolute atomic E-state index is 12.4. The van der Waals surface area contributed by atoms with E-state index in [1.807, 2.05) is 0 Å². The number of alkyl halides is 3. The maximum Gasteiger partial charge on any atom is 0.422 e. The normalized spacial score (nSPS) is 11.3. The van der Waals surface area contributed by atoms with Crippen molar-refractivity contribution < 1.29 is 27.5 Å². The predicted molar refractivity (Wildman–Crippen MR) is 99.4 cm³/mol. The van der Waals surface area contributed by atoms with Gasteiger partial charge in [0.1, 0.15) is 5.82 Å². The monoisotopic (exact) mass is 410 g/mol. The van der Waals surface area contributed by atoms with E-state index in [1.54, 1.807) is 20.8 Å². The Balaban J connectivity index is 1.97. The zero-order valence-corrected chi connectivity index (χ0v) is 16.1. The van der Waals surface area contributed by atoms with Crippen molar-refractivity contribution in [3.05, 3.63) is 47.3 Å². The maximum atomic E-state index is 12.4. The zero-order chi connectivity index (χ0) is 21.6. The first-order valence-corrected chi connectivity index (χ1v) is 8.75. The molecule has 0 unspecified atom stereocenters. The highest BCUT2D eigenvalue weighted by atomic mass is 19.4. The van der Waals surface area contributed by atoms with Gasteiger partial charge >= 0.3 is 6.18 Å². The first-order chi connectivity index (χ1) is 13.5. The minimum Gasteiger partial charge on any atom is -0.468 e. The lowest BCUT2D eigenvalue weighted by Crippen LogP contribution is -2.24. The molecule has 29 heavy (non-hydrogen) atoms. The van der Waals surface area contributed by atoms with Gasteiger partial charge < -0.3 is 15.4 Å². The number of pyridine rings is 2. The van der Waals surface area contributed by atoms with Gasteiger partial charge in [-0.1, -0.05) is 13.8 Å². The van der Waals surface area contributed by atoms with Crippen LogP contribution >= 0.6 is 0 Å². The Hall–Kier alpha value is -3.17. The third-order valence-corrected chi connectivity index (χ3v) is 3.82. The molecule has 0 aliphatic rings. The summed E-state index contributed by atoms with van der Waals surface area (Å²) in [4.78, 5) is 31.9. The van der Waals surface area contributed by atoms with Crippen molar-refractivity contribution in [3.63, 3.8) is 0 Å². The number of nitrogens with one attached hydrogen (secondary N) is 2. The molecule has 2 heterocycles. The molecule has 0 aromatic carbocycles. The highest BCUT2D eigenvalue weighted by Gasteiger charge is 2.28. The fourth-order valence-electron chi connectivity index (χ4n) is 2.17. The van der Waals surface area contributed by atoms with Crippen LogP contribution in [0.1, 0.15) is 35.3 Å². The molecule has 0 atom stereocenters. The number of halogens is 3. The van der Waals surface area contributed by atoms with Gasteiger partial charge in [0.2, 0.25) is 11.8 Å². The van der Waals surface area contributed by atoms with Crippen LogP contribution in [-0.4, -0.2) is 34.6 Å². The number of ether oxygens (including phenoxy) is 1. The molecule has 2 N–H and O–H groups in total. The second kappa shape index (κ2) is 9.35. The number of carbonyl (C=O) groups excluding carboxylic acids is 2. The second-order valence-corrected chi connectivity index (χ2v) is 6.61. The molecule has 2 aromatic heterocycles. The summed E-state index contributed by atoms with van der Waals surface area (Å²) in [6.45, 7) is 3.85. The lowest BCUT2D eigenvalue weighted by atomic mass is 10.1. The molecule has 0 bridgehead atoms. The van der Waals surface area contributed by atoms with Crippen molar-refractivity contribution in [1.82, 2.24) is 15.3 Å². The first-order valence-electron chi connectivity index (χ1n) is 8.75. The Kier molecular flexibility index (Phi) is 7.13. The summed E-state index contributed by atoms with van der Waals surface area (Å²) in [7, 11) is 0. The third-order valence-electron chi connectivity index (χ3n) is 3.82. The van der Waals surface area contributed by atoms with Gasteiger partial charge in [-0.25, -0.2) is 9.97 Å². The van der Waals surface area contributed by atoms with E-state index in [0.717, 1.165) is 0 Å². The second-order valence-electron chi connectivity index (χ2n) is 6.61. The average molecular weight is 410 g/mol. The largest absolute Gasteiger partial charge is 0.468 e. The molecular weight excluding hydrogens is 389 g/mol. The van der Waals surface area contributed by atoms with Crippen LogP contribution in [0.3, 0.4) is 0 Å². The van der Waals surface area contributed by atoms with E-state index in [-0.39, 0.29) is 30.1 Å². The first kappa shape index (κ1) is 22.1. The van der Waals surface area contributed by atoms with Crippen LogP contribution in [0.25, 0.3) is 0 Å². The van der Waals surface area contributed by atoms with Gasteiger partial charge in [0, 0.05) is 36.5 Å². The lowest BCUT2D eigenvalue weighted by molar-refractivity contribution is -0.154. The van der Waals surface area contributed by atoms with Gasteiger partial charge in [0.25, 0.3) is 5.91 Å². The lowest BCUT2D eigenvalue weighted by Gasteiger charge is -2.12. The van der Waals surface area contributed by atoms with E-state index in [4.69, 9.17) is 0 Å². The SMILES string of the molecule is Cc1cc(OCC(F)(F)F)ncc1CNC(=O)c1ccnc(NC(=O)C(C)C)c1. The fraction of sp³-hybridized carbons (Fsp3) is 0.368. The van der Waals surface area contributed by atoms with Crippen molar-refractivity contribution in [2.24, 2.45) is 5.92 Å². The number of anilines is 1. The van der Waals surface area contributed by atoms with E-state index in [2.05, 4.69) is 25.3 Å². The Morgan fingerprint density at radius 1 is 1.21 bits per heavy atom. The van der Waals surface area contributed by atoms with Gasteiger partial charge in [-0.3, -0.25) is 9.59 Å². The molecule has 0 spiro atoms. The van der Waals surface area contributed by atoms with Crippen molar-refractivity contribution in [2.75, 3.05) is 11.9 Å². The van der Waals surface area contributed by atoms with E-state index in [9.17, 15) is 22.8 Å². The fourth-order valence-corrected chi connectivity index (χ4v) is 2.17. The van der Waals surface area contributed by atoms with Gasteiger partial charge in [0.15, 0.2) is 6.61 Å². The summed E-state index contributed by atoms with van der Waals surface area (Å²) >= 11 is 0. The van der Waals surface area contributed by atoms with Crippen LogP contribution in [0.5, 0.6) is 5.88 Å². The molecule has 0 radical (unpaired) electrons. The van der Waals surface area contributed by atoms with Crippen LogP contribution in [0.4, 0.5) is 19.0 Å². The van der Waals surface area contributed by atoms with Crippen molar-refractivity contribution >= 4 is 17.6 Å². The van der Waals surface area contributed by atoms with Gasteiger partial charge in [-0.15, -0.1) is 0 Å². The third kappa shape index (κ3) is 7.05. The summed E-state index contributed by atoms with van der Waals surface area (Å²) in [5, 5.41) is 5.31. The molecule has 0 fully saturated rings. The molecule has 0 saturated carbocycles. The average Bonchev–Trinajstić information content (AvgIpc) is 2.65. The molecule has 2 aromatic rings. The highest BCUT2D eigenvalue weighted by Crippen LogP contribution is 2.19. The Bertz CT molecular complexity index is 885. The molecule has 10 heteroatoms. The number of hydrogen-bond donors (Lipinski definition) is 2. The van der Waals surface area contributed by atoms with Gasteiger partial charge in [-0.2, -0.15) is 13.2 Å². The molecule has 156 valence electrons. The summed E-state index contributed by atoms with van der Waals surface area (Å²) in [5.74, 6) is -0.725. The number of aryl methyl sites for hydroxylation is 1. The molecule has 2 rings (SSSR count). The quantitative estimate of drug-likeness (QED) is 0.731. The van der Waals surface area contributed by atoms with Crippen LogP contribution in [-0.2, 0) is 11.3 Å². The Labute approximate surface area is 165 Å². The van der Waals surface area contributed by atoms with Crippen LogP contribution in [0.2, 0.25) is 0 Å². The summed E-state index contributed by atoms with van der Waals surface area (Å²) in [6, 6.07) is 4.33. The summed E-state index contributed by atoms with van der Waals surface area (Å²) in [6.07, 6.45) is -1.69. The number of amides is 2. The standard InChI is InChI=1S/C19H21F3N4O3/c1-11(2)17(27)26-15-7-13(4-5-23-15)18(28)25-9-14-8-24-16(6-12(14)3)29-10-19(20,21)22/h4-8,11H,9-10H2,1-3H3,(H,25,28)(H,23,26,27). The van der Waals surface area contributed by atoms with Crippen molar-refractivity contribution in [3.8, 4) is 5.88 Å². The summed E-state index contributed by atoms with van der Waals surface area (Å²) < 4.78 is 41.2. The van der Waals surface area contributed by atoms with Crippen LogP contribution < -0.4 is 15.4 Å². The van der Waals surface area contributed by atoms with E-state index < -0.39 is 18.7 Å². The minimum absolute atomic E-state index is 0.118.